The van der Waals surface area contributed by atoms with E-state index in [2.05, 4.69) is 5.32 Å². The Morgan fingerprint density at radius 2 is 1.64 bits per heavy atom. The molecule has 5 heteroatoms. The van der Waals surface area contributed by atoms with Crippen LogP contribution >= 0.6 is 0 Å². The van der Waals surface area contributed by atoms with E-state index in [1.54, 1.807) is 6.07 Å². The molecular formula is C17H18F3NO. The minimum atomic E-state index is -4.37. The predicted molar refractivity (Wildman–Crippen MR) is 81.2 cm³/mol. The number of alkyl halides is 3. The van der Waals surface area contributed by atoms with E-state index in [-0.39, 0.29) is 12.2 Å². The van der Waals surface area contributed by atoms with Gasteiger partial charge in [-0.3, -0.25) is 0 Å². The molecule has 0 bridgehead atoms. The van der Waals surface area contributed by atoms with Gasteiger partial charge in [0.15, 0.2) is 0 Å². The Bertz CT molecular complexity index is 642. The van der Waals surface area contributed by atoms with Crippen LogP contribution in [-0.4, -0.2) is 7.05 Å². The second kappa shape index (κ2) is 6.30. The van der Waals surface area contributed by atoms with Crippen LogP contribution in [0.4, 0.5) is 18.9 Å². The lowest BCUT2D eigenvalue weighted by Crippen LogP contribution is -2.10. The van der Waals surface area contributed by atoms with Crippen molar-refractivity contribution in [1.29, 1.82) is 0 Å². The minimum absolute atomic E-state index is 0.118. The molecule has 0 unspecified atom stereocenters. The molecule has 22 heavy (non-hydrogen) atoms. The van der Waals surface area contributed by atoms with Crippen LogP contribution in [0.25, 0.3) is 0 Å². The smallest absolute Gasteiger partial charge is 0.416 e. The highest BCUT2D eigenvalue weighted by Gasteiger charge is 2.32. The highest BCUT2D eigenvalue weighted by Crippen LogP contribution is 2.33. The Morgan fingerprint density at radius 3 is 2.18 bits per heavy atom. The molecule has 0 heterocycles. The Hall–Kier alpha value is -2.17. The van der Waals surface area contributed by atoms with E-state index < -0.39 is 11.7 Å². The van der Waals surface area contributed by atoms with E-state index in [9.17, 15) is 13.2 Å². The molecule has 2 nitrogen and oxygen atoms in total. The van der Waals surface area contributed by atoms with Gasteiger partial charge in [-0.1, -0.05) is 18.2 Å². The van der Waals surface area contributed by atoms with Crippen LogP contribution in [0, 0.1) is 13.8 Å². The number of aryl methyl sites for hydroxylation is 2. The zero-order valence-corrected chi connectivity index (χ0v) is 12.7. The van der Waals surface area contributed by atoms with Crippen LogP contribution in [0.15, 0.2) is 36.4 Å². The first-order valence-electron chi connectivity index (χ1n) is 6.90. The molecule has 0 aromatic heterocycles. The van der Waals surface area contributed by atoms with E-state index in [1.807, 2.05) is 33.0 Å². The summed E-state index contributed by atoms with van der Waals surface area (Å²) in [4.78, 5) is 0. The van der Waals surface area contributed by atoms with Crippen molar-refractivity contribution in [2.75, 3.05) is 12.4 Å². The fourth-order valence-corrected chi connectivity index (χ4v) is 2.49. The van der Waals surface area contributed by atoms with Gasteiger partial charge in [0.25, 0.3) is 0 Å². The lowest BCUT2D eigenvalue weighted by molar-refractivity contribution is -0.138. The molecule has 118 valence electrons. The quantitative estimate of drug-likeness (QED) is 0.863. The molecule has 0 aliphatic heterocycles. The minimum Gasteiger partial charge on any atom is -0.489 e. The van der Waals surface area contributed by atoms with E-state index >= 15 is 0 Å². The summed E-state index contributed by atoms with van der Waals surface area (Å²) in [5.41, 5.74) is 2.45. The molecule has 0 aliphatic rings. The highest BCUT2D eigenvalue weighted by molar-refractivity contribution is 5.59. The maximum atomic E-state index is 12.9. The Balaban J connectivity index is 2.21. The number of halogens is 3. The maximum absolute atomic E-state index is 12.9. The van der Waals surface area contributed by atoms with Gasteiger partial charge < -0.3 is 10.1 Å². The van der Waals surface area contributed by atoms with Gasteiger partial charge in [0.2, 0.25) is 0 Å². The van der Waals surface area contributed by atoms with Crippen molar-refractivity contribution >= 4 is 5.69 Å². The van der Waals surface area contributed by atoms with Crippen molar-refractivity contribution in [3.63, 3.8) is 0 Å². The Morgan fingerprint density at radius 1 is 1.05 bits per heavy atom. The van der Waals surface area contributed by atoms with Crippen LogP contribution in [0.3, 0.4) is 0 Å². The molecule has 0 fully saturated rings. The van der Waals surface area contributed by atoms with Gasteiger partial charge in [0.1, 0.15) is 12.4 Å². The van der Waals surface area contributed by atoms with Crippen LogP contribution in [0.1, 0.15) is 22.3 Å². The fraction of sp³-hybridized carbons (Fsp3) is 0.294. The van der Waals surface area contributed by atoms with Crippen LogP contribution in [-0.2, 0) is 12.8 Å². The largest absolute Gasteiger partial charge is 0.489 e. The van der Waals surface area contributed by atoms with E-state index in [0.29, 0.717) is 5.75 Å². The zero-order valence-electron chi connectivity index (χ0n) is 12.7. The predicted octanol–water partition coefficient (Wildman–Crippen LogP) is 4.94. The molecule has 1 N–H and O–H groups in total. The topological polar surface area (TPSA) is 21.3 Å². The second-order valence-electron chi connectivity index (χ2n) is 5.13. The highest BCUT2D eigenvalue weighted by atomic mass is 19.4. The Labute approximate surface area is 127 Å². The molecule has 0 saturated carbocycles. The number of rotatable bonds is 4. The first kappa shape index (κ1) is 16.2. The molecule has 2 rings (SSSR count). The van der Waals surface area contributed by atoms with Crippen molar-refractivity contribution in [2.45, 2.75) is 26.6 Å². The monoisotopic (exact) mass is 309 g/mol. The van der Waals surface area contributed by atoms with Crippen molar-refractivity contribution in [3.8, 4) is 5.75 Å². The summed E-state index contributed by atoms with van der Waals surface area (Å²) < 4.78 is 44.4. The molecule has 0 aliphatic carbocycles. The van der Waals surface area contributed by atoms with Crippen LogP contribution in [0.5, 0.6) is 5.75 Å². The first-order chi connectivity index (χ1) is 10.3. The molecular weight excluding hydrogens is 291 g/mol. The average molecular weight is 309 g/mol. The molecule has 0 saturated heterocycles. The van der Waals surface area contributed by atoms with Gasteiger partial charge >= 0.3 is 6.18 Å². The van der Waals surface area contributed by atoms with Crippen molar-refractivity contribution in [3.05, 3.63) is 58.7 Å². The summed E-state index contributed by atoms with van der Waals surface area (Å²) in [7, 11) is 1.83. The lowest BCUT2D eigenvalue weighted by Gasteiger charge is -2.15. The van der Waals surface area contributed by atoms with Gasteiger partial charge in [-0.2, -0.15) is 13.2 Å². The van der Waals surface area contributed by atoms with Gasteiger partial charge in [0.05, 0.1) is 5.56 Å². The average Bonchev–Trinajstić information content (AvgIpc) is 2.44. The van der Waals surface area contributed by atoms with Crippen molar-refractivity contribution in [2.24, 2.45) is 0 Å². The van der Waals surface area contributed by atoms with Gasteiger partial charge in [-0.15, -0.1) is 0 Å². The standard InChI is InChI=1S/C17H18F3NO/c1-11-8-14(9-12(2)16(11)21-3)22-10-13-6-4-5-7-15(13)17(18,19)20/h4-9,21H,10H2,1-3H3. The third-order valence-electron chi connectivity index (χ3n) is 3.47. The summed E-state index contributed by atoms with van der Waals surface area (Å²) in [5, 5.41) is 3.09. The Kier molecular flexibility index (Phi) is 4.64. The van der Waals surface area contributed by atoms with Gasteiger partial charge in [0, 0.05) is 18.3 Å². The first-order valence-corrected chi connectivity index (χ1v) is 6.90. The number of benzene rings is 2. The normalized spacial score (nSPS) is 11.4. The molecule has 0 atom stereocenters. The third-order valence-corrected chi connectivity index (χ3v) is 3.47. The van der Waals surface area contributed by atoms with Crippen LogP contribution < -0.4 is 10.1 Å². The number of ether oxygens (including phenoxy) is 1. The van der Waals surface area contributed by atoms with Gasteiger partial charge in [-0.05, 0) is 43.2 Å². The SMILES string of the molecule is CNc1c(C)cc(OCc2ccccc2C(F)(F)F)cc1C. The van der Waals surface area contributed by atoms with Crippen molar-refractivity contribution < 1.29 is 17.9 Å². The van der Waals surface area contributed by atoms with E-state index in [0.717, 1.165) is 22.9 Å². The maximum Gasteiger partial charge on any atom is 0.416 e. The van der Waals surface area contributed by atoms with E-state index in [1.165, 1.54) is 12.1 Å². The lowest BCUT2D eigenvalue weighted by atomic mass is 10.1. The zero-order chi connectivity index (χ0) is 16.3. The molecule has 2 aromatic carbocycles. The fourth-order valence-electron chi connectivity index (χ4n) is 2.49. The molecule has 2 aromatic rings. The summed E-state index contributed by atoms with van der Waals surface area (Å²) in [6.45, 7) is 3.73. The molecule has 0 amide bonds. The number of hydrogen-bond acceptors (Lipinski definition) is 2. The number of nitrogens with one attached hydrogen (secondary N) is 1. The van der Waals surface area contributed by atoms with Gasteiger partial charge in [-0.25, -0.2) is 0 Å². The number of hydrogen-bond donors (Lipinski definition) is 1. The molecule has 0 radical (unpaired) electrons. The van der Waals surface area contributed by atoms with Crippen molar-refractivity contribution in [1.82, 2.24) is 0 Å². The molecule has 0 spiro atoms. The number of anilines is 1. The summed E-state index contributed by atoms with van der Waals surface area (Å²) in [6, 6.07) is 9.09. The third kappa shape index (κ3) is 3.53. The summed E-state index contributed by atoms with van der Waals surface area (Å²) in [5.74, 6) is 0.561. The second-order valence-corrected chi connectivity index (χ2v) is 5.13. The summed E-state index contributed by atoms with van der Waals surface area (Å²) >= 11 is 0. The van der Waals surface area contributed by atoms with Crippen LogP contribution in [0.2, 0.25) is 0 Å². The summed E-state index contributed by atoms with van der Waals surface area (Å²) in [6.07, 6.45) is -4.37. The van der Waals surface area contributed by atoms with E-state index in [4.69, 9.17) is 4.74 Å².